The van der Waals surface area contributed by atoms with E-state index >= 15 is 0 Å². The zero-order valence-electron chi connectivity index (χ0n) is 51.4. The van der Waals surface area contributed by atoms with Gasteiger partial charge in [0.25, 0.3) is 28.9 Å². The van der Waals surface area contributed by atoms with Gasteiger partial charge in [0.05, 0.1) is 33.2 Å². The molecule has 2 aliphatic rings. The van der Waals surface area contributed by atoms with Gasteiger partial charge in [-0.3, -0.25) is 33.3 Å². The number of aromatic nitrogens is 8. The predicted molar refractivity (Wildman–Crippen MR) is 338 cm³/mol. The number of nitrogens with zero attached hydrogens (tertiary/aromatic N) is 7. The van der Waals surface area contributed by atoms with Gasteiger partial charge in [-0.05, 0) is 87.5 Å². The fourth-order valence-electron chi connectivity index (χ4n) is 9.93. The summed E-state index contributed by atoms with van der Waals surface area (Å²) < 4.78 is 3.90. The average molecular weight is 1240 g/mol. The van der Waals surface area contributed by atoms with Crippen molar-refractivity contribution >= 4 is 106 Å². The van der Waals surface area contributed by atoms with E-state index in [4.69, 9.17) is 29.7 Å². The van der Waals surface area contributed by atoms with Gasteiger partial charge in [0.2, 0.25) is 0 Å². The van der Waals surface area contributed by atoms with Gasteiger partial charge in [-0.1, -0.05) is 84.9 Å². The molecule has 3 radical (unpaired) electrons. The largest absolute Gasteiger partial charge is 1.00 e. The van der Waals surface area contributed by atoms with Crippen molar-refractivity contribution < 1.29 is 83.1 Å². The molecule has 0 aliphatic carbocycles. The van der Waals surface area contributed by atoms with Crippen molar-refractivity contribution in [2.75, 3.05) is 43.9 Å². The van der Waals surface area contributed by atoms with Gasteiger partial charge in [0, 0.05) is 130 Å². The number of nitrogens with one attached hydrogen (secondary N) is 5. The number of hydrogen-bond donors (Lipinski definition) is 6. The molecule has 25 nitrogen and oxygen atoms in total. The Labute approximate surface area is 545 Å². The summed E-state index contributed by atoms with van der Waals surface area (Å²) in [5.74, 6) is -2.61. The quantitative estimate of drug-likeness (QED) is 0.0651. The van der Waals surface area contributed by atoms with Crippen LogP contribution in [0.3, 0.4) is 0 Å². The molecule has 91 heavy (non-hydrogen) atoms. The number of carbonyl (C=O) groups excluding carboxylic acids is 6. The second-order valence-corrected chi connectivity index (χ2v) is 20.7. The summed E-state index contributed by atoms with van der Waals surface area (Å²) in [5, 5.41) is 53.2. The van der Waals surface area contributed by atoms with E-state index in [1.54, 1.807) is 12.1 Å². The number of carbonyl (C=O) groups is 7. The number of amides is 2. The number of H-pyrrole nitrogens is 2. The minimum atomic E-state index is -1.08. The number of fused-ring (bicyclic) bond motifs is 4. The van der Waals surface area contributed by atoms with E-state index in [-0.39, 0.29) is 60.9 Å². The van der Waals surface area contributed by atoms with Crippen LogP contribution in [0.25, 0.3) is 65.9 Å². The number of para-hydroxylation sites is 2. The molecule has 0 saturated carbocycles. The fraction of sp³-hybridized carbons (Fsp3) is 0.234. The first-order valence-corrected chi connectivity index (χ1v) is 27.8. The van der Waals surface area contributed by atoms with Gasteiger partial charge in [0.15, 0.2) is 11.4 Å². The van der Waals surface area contributed by atoms with Crippen molar-refractivity contribution in [3.05, 3.63) is 177 Å². The number of carboxylic acid groups (broad SMARTS) is 2. The number of rotatable bonds is 10. The molecule has 463 valence electrons. The molecule has 4 aromatic heterocycles. The Kier molecular flexibility index (Phi) is 26.5. The van der Waals surface area contributed by atoms with E-state index in [1.165, 1.54) is 0 Å². The Morgan fingerprint density at radius 1 is 0.582 bits per heavy atom. The van der Waals surface area contributed by atoms with Crippen LogP contribution in [-0.4, -0.2) is 134 Å². The molecule has 6 N–H and O–H groups in total. The van der Waals surface area contributed by atoms with Crippen LogP contribution >= 0.6 is 0 Å². The topological polar surface area (TPSA) is 348 Å². The molecule has 0 bridgehead atoms. The molecule has 27 heteroatoms. The normalized spacial score (nSPS) is 12.2. The van der Waals surface area contributed by atoms with Gasteiger partial charge < -0.3 is 40.7 Å². The monoisotopic (exact) mass is 1240 g/mol. The SMILES string of the molecule is C=O.CC(=O)O.CC(=O)OOC(C)=O.CC(=O)[O-].Cc1cc(NC(=O)c2nn(CC3CN(C)C3)c3ccccc23)ccc1-c1n[nH]c(=O)c2ccccc12.Cc1cc(NC(=O)c2nn(CC3CNC3)c3ccccc23)ccc1-c1n[nH]c(=O)c2ccccc12.[B].[Na+]. The maximum Gasteiger partial charge on any atom is 1.00 e. The average Bonchev–Trinajstić information content (AvgIpc) is 1.86. The number of benzene rings is 6. The molecular weight excluding hydrogens is 1180 g/mol. The van der Waals surface area contributed by atoms with Gasteiger partial charge in [-0.25, -0.2) is 29.6 Å². The fourth-order valence-corrected chi connectivity index (χ4v) is 9.93. The number of anilines is 2. The molecule has 2 aliphatic heterocycles. The second-order valence-electron chi connectivity index (χ2n) is 20.7. The van der Waals surface area contributed by atoms with Crippen LogP contribution in [0.5, 0.6) is 0 Å². The smallest absolute Gasteiger partial charge is 0.550 e. The number of aliphatic carboxylic acids is 2. The second kappa shape index (κ2) is 33.6. The van der Waals surface area contributed by atoms with Crippen LogP contribution in [0.2, 0.25) is 0 Å². The number of likely N-dealkylation sites (tertiary alicyclic amines) is 1. The van der Waals surface area contributed by atoms with Crippen molar-refractivity contribution in [1.29, 1.82) is 0 Å². The van der Waals surface area contributed by atoms with Gasteiger partial charge in [-0.15, -0.1) is 0 Å². The number of aromatic amines is 2. The Bertz CT molecular complexity index is 4340. The molecule has 12 rings (SSSR count). The molecule has 2 amide bonds. The third kappa shape index (κ3) is 18.8. The van der Waals surface area contributed by atoms with Gasteiger partial charge in [0.1, 0.15) is 6.79 Å². The summed E-state index contributed by atoms with van der Waals surface area (Å²) in [7, 11) is 2.11. The first kappa shape index (κ1) is 71.8. The van der Waals surface area contributed by atoms with Crippen molar-refractivity contribution in [3.8, 4) is 22.5 Å². The number of hydrogen-bond acceptors (Lipinski definition) is 18. The molecule has 0 atom stereocenters. The maximum absolute atomic E-state index is 13.3. The van der Waals surface area contributed by atoms with E-state index in [1.807, 2.05) is 151 Å². The summed E-state index contributed by atoms with van der Waals surface area (Å²) in [6, 6.07) is 41.9. The van der Waals surface area contributed by atoms with Crippen LogP contribution in [0.4, 0.5) is 11.4 Å². The van der Waals surface area contributed by atoms with E-state index in [2.05, 4.69) is 63.2 Å². The molecule has 0 spiro atoms. The Hall–Kier alpha value is -9.99. The van der Waals surface area contributed by atoms with Gasteiger partial charge in [-0.2, -0.15) is 20.4 Å². The summed E-state index contributed by atoms with van der Waals surface area (Å²) in [6.45, 7) is 15.9. The summed E-state index contributed by atoms with van der Waals surface area (Å²) in [4.78, 5) is 106. The van der Waals surface area contributed by atoms with Gasteiger partial charge >= 0.3 is 41.5 Å². The third-order valence-corrected chi connectivity index (χ3v) is 13.8. The van der Waals surface area contributed by atoms with Crippen LogP contribution in [0.1, 0.15) is 59.8 Å². The summed E-state index contributed by atoms with van der Waals surface area (Å²) in [6.07, 6.45) is 0. The maximum atomic E-state index is 13.3. The molecule has 6 heterocycles. The molecule has 2 saturated heterocycles. The Morgan fingerprint density at radius 3 is 1.25 bits per heavy atom. The third-order valence-electron chi connectivity index (χ3n) is 13.8. The van der Waals surface area contributed by atoms with Crippen molar-refractivity contribution in [1.82, 2.24) is 50.2 Å². The molecule has 6 aromatic carbocycles. The Balaban J connectivity index is 0.000000257. The van der Waals surface area contributed by atoms with Crippen LogP contribution < -0.4 is 61.7 Å². The summed E-state index contributed by atoms with van der Waals surface area (Å²) >= 11 is 0. The molecule has 0 unspecified atom stereocenters. The molecule has 2 fully saturated rings. The predicted octanol–water partition coefficient (Wildman–Crippen LogP) is 3.10. The van der Waals surface area contributed by atoms with Crippen molar-refractivity contribution in [3.63, 3.8) is 0 Å². The Morgan fingerprint density at radius 2 is 0.923 bits per heavy atom. The zero-order valence-corrected chi connectivity index (χ0v) is 53.4. The van der Waals surface area contributed by atoms with Crippen molar-refractivity contribution in [2.24, 2.45) is 11.8 Å². The first-order valence-electron chi connectivity index (χ1n) is 27.8. The standard InChI is InChI=1S/C28H26N6O2.C27H24N6O2.C4H6O4.2C2H4O2.CH2O.B.Na/c1-17-13-19(11-12-20(17)25-21-7-3-4-8-22(21)27(35)31-30-25)29-28(36)26-23-9-5-6-10-24(23)34(32-26)16-18-14-33(2)15-18;1-16-12-18(10-11-19(16)24-20-6-2-3-7-21(20)26(34)31-30-24)29-27(35)25-22-8-4-5-9-23(22)33(32-25)15-17-13-28-14-17;1-3(5)7-8-4(2)6;2*1-2(3)4;1-2;;/h3-13,18H,14-16H2,1-2H3,(H,29,36)(H,31,35);2-12,17,28H,13-15H2,1H3,(H,29,35)(H,31,34);1-2H3;2*1H3,(H,3,4);1H2;;/q;;;;;;;+1/p-1. The van der Waals surface area contributed by atoms with Crippen LogP contribution in [-0.2, 0) is 46.8 Å². The minimum absolute atomic E-state index is 0. The van der Waals surface area contributed by atoms with E-state index in [0.29, 0.717) is 56.8 Å². The number of carboxylic acids is 2. The number of aryl methyl sites for hydroxylation is 2. The van der Waals surface area contributed by atoms with Crippen molar-refractivity contribution in [2.45, 2.75) is 54.6 Å². The summed E-state index contributed by atoms with van der Waals surface area (Å²) in [5.41, 5.74) is 8.74. The zero-order chi connectivity index (χ0) is 64.5. The van der Waals surface area contributed by atoms with Crippen LogP contribution in [0.15, 0.2) is 143 Å². The van der Waals surface area contributed by atoms with E-state index in [9.17, 15) is 28.8 Å². The molecular formula is C64H65BN12NaO13. The van der Waals surface area contributed by atoms with E-state index in [0.717, 1.165) is 122 Å². The van der Waals surface area contributed by atoms with Crippen LogP contribution in [0, 0.1) is 25.7 Å². The minimum Gasteiger partial charge on any atom is -0.550 e. The van der Waals surface area contributed by atoms with E-state index < -0.39 is 23.9 Å². The molecule has 10 aromatic rings. The first-order chi connectivity index (χ1) is 42.6.